The highest BCUT2D eigenvalue weighted by molar-refractivity contribution is 7.17. The molecule has 1 saturated heterocycles. The molecule has 1 aliphatic rings. The fraction of sp³-hybridized carbons (Fsp3) is 0.429. The Kier molecular flexibility index (Phi) is 8.55. The molecule has 6 nitrogen and oxygen atoms in total. The van der Waals surface area contributed by atoms with E-state index in [1.807, 2.05) is 31.2 Å². The Morgan fingerprint density at radius 2 is 1.97 bits per heavy atom. The topological polar surface area (TPSA) is 63.7 Å². The molecule has 35 heavy (non-hydrogen) atoms. The number of rotatable bonds is 9. The summed E-state index contributed by atoms with van der Waals surface area (Å²) in [5.41, 5.74) is 5.23. The van der Waals surface area contributed by atoms with Gasteiger partial charge in [-0.2, -0.15) is 0 Å². The van der Waals surface area contributed by atoms with Crippen molar-refractivity contribution in [1.82, 2.24) is 15.2 Å². The number of carbonyl (C=O) groups excluding carboxylic acids is 1. The van der Waals surface area contributed by atoms with Crippen molar-refractivity contribution in [2.24, 2.45) is 0 Å². The van der Waals surface area contributed by atoms with E-state index in [2.05, 4.69) is 54.3 Å². The minimum absolute atomic E-state index is 0.0968. The van der Waals surface area contributed by atoms with Gasteiger partial charge in [0.05, 0.1) is 5.69 Å². The average molecular weight is 494 g/mol. The maximum atomic E-state index is 12.9. The van der Waals surface area contributed by atoms with E-state index in [-0.39, 0.29) is 5.91 Å². The highest BCUT2D eigenvalue weighted by Crippen LogP contribution is 2.30. The fourth-order valence-electron chi connectivity index (χ4n) is 4.40. The predicted molar refractivity (Wildman–Crippen MR) is 141 cm³/mol. The van der Waals surface area contributed by atoms with Crippen molar-refractivity contribution in [2.45, 2.75) is 46.2 Å². The minimum Gasteiger partial charge on any atom is -0.492 e. The van der Waals surface area contributed by atoms with E-state index in [0.29, 0.717) is 24.1 Å². The Bertz CT molecular complexity index is 1150. The van der Waals surface area contributed by atoms with Crippen LogP contribution >= 0.6 is 11.3 Å². The molecule has 0 aliphatic carbocycles. The van der Waals surface area contributed by atoms with Gasteiger partial charge in [-0.25, -0.2) is 4.98 Å². The summed E-state index contributed by atoms with van der Waals surface area (Å²) in [6, 6.07) is 14.8. The summed E-state index contributed by atoms with van der Waals surface area (Å²) in [6.45, 7) is 9.68. The molecule has 1 aromatic heterocycles. The lowest BCUT2D eigenvalue weighted by atomic mass is 10.1. The molecule has 3 aromatic rings. The lowest BCUT2D eigenvalue weighted by molar-refractivity contribution is 0.0392. The van der Waals surface area contributed by atoms with Gasteiger partial charge in [0.25, 0.3) is 5.91 Å². The minimum atomic E-state index is -0.0968. The smallest absolute Gasteiger partial charge is 0.263 e. The number of aromatic nitrogens is 1. The van der Waals surface area contributed by atoms with Crippen molar-refractivity contribution in [2.75, 3.05) is 33.4 Å². The number of hydrogen-bond acceptors (Lipinski definition) is 6. The maximum Gasteiger partial charge on any atom is 0.263 e. The van der Waals surface area contributed by atoms with Crippen molar-refractivity contribution in [3.63, 3.8) is 0 Å². The zero-order valence-corrected chi connectivity index (χ0v) is 21.9. The molecule has 2 heterocycles. The van der Waals surface area contributed by atoms with Gasteiger partial charge >= 0.3 is 0 Å². The number of ether oxygens (including phenoxy) is 2. The molecule has 1 amide bonds. The van der Waals surface area contributed by atoms with E-state index in [1.165, 1.54) is 22.5 Å². The Hall–Kier alpha value is -2.74. The number of nitrogens with zero attached hydrogens (tertiary/aromatic N) is 2. The summed E-state index contributed by atoms with van der Waals surface area (Å²) in [4.78, 5) is 20.6. The van der Waals surface area contributed by atoms with Gasteiger partial charge < -0.3 is 14.8 Å². The first-order valence-electron chi connectivity index (χ1n) is 12.2. The molecule has 2 aromatic carbocycles. The quantitative estimate of drug-likeness (QED) is 0.446. The van der Waals surface area contributed by atoms with Crippen LogP contribution in [0, 0.1) is 20.8 Å². The van der Waals surface area contributed by atoms with Gasteiger partial charge in [-0.05, 0) is 63.9 Å². The van der Waals surface area contributed by atoms with E-state index in [4.69, 9.17) is 9.47 Å². The Labute approximate surface area is 212 Å². The normalized spacial score (nSPS) is 14.3. The van der Waals surface area contributed by atoms with Crippen LogP contribution in [0.5, 0.6) is 5.75 Å². The van der Waals surface area contributed by atoms with Crippen molar-refractivity contribution in [3.05, 3.63) is 69.7 Å². The van der Waals surface area contributed by atoms with Gasteiger partial charge in [-0.15, -0.1) is 11.3 Å². The van der Waals surface area contributed by atoms with Crippen LogP contribution in [0.2, 0.25) is 0 Å². The third-order valence-corrected chi connectivity index (χ3v) is 7.68. The van der Waals surface area contributed by atoms with E-state index in [1.54, 1.807) is 0 Å². The third-order valence-electron chi connectivity index (χ3n) is 6.49. The molecule has 0 saturated carbocycles. The summed E-state index contributed by atoms with van der Waals surface area (Å²) in [7, 11) is 2.15. The highest BCUT2D eigenvalue weighted by Gasteiger charge is 2.19. The number of hydrogen-bond donors (Lipinski definition) is 1. The van der Waals surface area contributed by atoms with E-state index in [9.17, 15) is 4.79 Å². The molecule has 186 valence electrons. The summed E-state index contributed by atoms with van der Waals surface area (Å²) < 4.78 is 11.4. The molecule has 4 rings (SSSR count). The molecule has 1 fully saturated rings. The van der Waals surface area contributed by atoms with Gasteiger partial charge in [0.15, 0.2) is 0 Å². The number of benzene rings is 2. The molecular weight excluding hydrogens is 458 g/mol. The first-order chi connectivity index (χ1) is 16.9. The zero-order chi connectivity index (χ0) is 24.8. The highest BCUT2D eigenvalue weighted by atomic mass is 32.1. The molecule has 1 N–H and O–H groups in total. The molecule has 0 atom stereocenters. The first-order valence-corrected chi connectivity index (χ1v) is 13.1. The van der Waals surface area contributed by atoms with E-state index >= 15 is 0 Å². The van der Waals surface area contributed by atoms with Gasteiger partial charge in [-0.1, -0.05) is 35.9 Å². The molecular formula is C28H35N3O3S. The van der Waals surface area contributed by atoms with Crippen LogP contribution in [-0.4, -0.2) is 55.2 Å². The lowest BCUT2D eigenvalue weighted by Crippen LogP contribution is -2.38. The number of carbonyl (C=O) groups is 1. The lowest BCUT2D eigenvalue weighted by Gasteiger charge is -2.31. The number of thiazole rings is 1. The molecule has 0 spiro atoms. The van der Waals surface area contributed by atoms with Crippen LogP contribution in [0.4, 0.5) is 0 Å². The SMILES string of the molecule is Cc1ccc(-c2nc(C)c(C(=O)NCc3cccc(OCCN(C)C4CCOCC4)c3)s2)c(C)c1. The Morgan fingerprint density at radius 1 is 1.17 bits per heavy atom. The Balaban J connectivity index is 1.30. The van der Waals surface area contributed by atoms with Crippen molar-refractivity contribution in [3.8, 4) is 16.3 Å². The number of likely N-dealkylation sites (N-methyl/N-ethyl adjacent to an activating group) is 1. The monoisotopic (exact) mass is 493 g/mol. The van der Waals surface area contributed by atoms with Crippen LogP contribution in [0.1, 0.15) is 44.9 Å². The number of aryl methyl sites for hydroxylation is 3. The van der Waals surface area contributed by atoms with Crippen LogP contribution in [0.25, 0.3) is 10.6 Å². The molecule has 0 unspecified atom stereocenters. The first kappa shape index (κ1) is 25.4. The standard InChI is InChI=1S/C28H35N3O3S/c1-19-8-9-25(20(2)16-19)28-30-21(3)26(35-28)27(32)29-18-22-6-5-7-24(17-22)34-15-12-31(4)23-10-13-33-14-11-23/h5-9,16-17,23H,10-15,18H2,1-4H3,(H,29,32). The summed E-state index contributed by atoms with van der Waals surface area (Å²) in [5.74, 6) is 0.726. The van der Waals surface area contributed by atoms with Crippen LogP contribution < -0.4 is 10.1 Å². The zero-order valence-electron chi connectivity index (χ0n) is 21.1. The third kappa shape index (κ3) is 6.69. The van der Waals surface area contributed by atoms with Crippen LogP contribution in [0.15, 0.2) is 42.5 Å². The van der Waals surface area contributed by atoms with Gasteiger partial charge in [-0.3, -0.25) is 9.69 Å². The van der Waals surface area contributed by atoms with Crippen LogP contribution in [0.3, 0.4) is 0 Å². The molecule has 0 bridgehead atoms. The molecule has 0 radical (unpaired) electrons. The van der Waals surface area contributed by atoms with Crippen molar-refractivity contribution >= 4 is 17.2 Å². The molecule has 7 heteroatoms. The number of amides is 1. The summed E-state index contributed by atoms with van der Waals surface area (Å²) >= 11 is 1.44. The summed E-state index contributed by atoms with van der Waals surface area (Å²) in [5, 5.41) is 3.93. The maximum absolute atomic E-state index is 12.9. The fourth-order valence-corrected chi connectivity index (χ4v) is 5.47. The second kappa shape index (κ2) is 11.8. The van der Waals surface area contributed by atoms with Crippen LogP contribution in [-0.2, 0) is 11.3 Å². The van der Waals surface area contributed by atoms with Gasteiger partial charge in [0, 0.05) is 37.9 Å². The second-order valence-corrected chi connectivity index (χ2v) is 10.3. The predicted octanol–water partition coefficient (Wildman–Crippen LogP) is 5.15. The second-order valence-electron chi connectivity index (χ2n) is 9.25. The Morgan fingerprint density at radius 3 is 2.74 bits per heavy atom. The van der Waals surface area contributed by atoms with Crippen molar-refractivity contribution in [1.29, 1.82) is 0 Å². The largest absolute Gasteiger partial charge is 0.492 e. The molecule has 1 aliphatic heterocycles. The van der Waals surface area contributed by atoms with Gasteiger partial charge in [0.2, 0.25) is 0 Å². The summed E-state index contributed by atoms with van der Waals surface area (Å²) in [6.07, 6.45) is 2.16. The van der Waals surface area contributed by atoms with Crippen molar-refractivity contribution < 1.29 is 14.3 Å². The number of nitrogens with one attached hydrogen (secondary N) is 1. The van der Waals surface area contributed by atoms with Gasteiger partial charge in [0.1, 0.15) is 22.2 Å². The average Bonchev–Trinajstić information content (AvgIpc) is 3.24. The van der Waals surface area contributed by atoms with E-state index < -0.39 is 0 Å². The van der Waals surface area contributed by atoms with E-state index in [0.717, 1.165) is 60.2 Å².